The highest BCUT2D eigenvalue weighted by Gasteiger charge is 2.38. The van der Waals surface area contributed by atoms with Crippen molar-refractivity contribution in [3.8, 4) is 5.75 Å². The molecule has 1 aromatic rings. The van der Waals surface area contributed by atoms with Gasteiger partial charge in [-0.05, 0) is 32.4 Å². The SMILES string of the molecule is COc1cc(Cl)c(C)cc1N1C(=O)C(C)NC(=O)C1C. The van der Waals surface area contributed by atoms with Gasteiger partial charge in [-0.15, -0.1) is 0 Å². The number of carbonyl (C=O) groups excluding carboxylic acids is 2. The Morgan fingerprint density at radius 3 is 2.55 bits per heavy atom. The highest BCUT2D eigenvalue weighted by molar-refractivity contribution is 6.31. The van der Waals surface area contributed by atoms with E-state index in [9.17, 15) is 9.59 Å². The Balaban J connectivity index is 2.55. The molecule has 2 rings (SSSR count). The number of carbonyl (C=O) groups is 2. The minimum absolute atomic E-state index is 0.169. The first-order valence-electron chi connectivity index (χ1n) is 6.34. The Bertz CT molecular complexity index is 574. The standard InChI is InChI=1S/C14H17ClN2O3/c1-7-5-11(12(20-4)6-10(7)15)17-9(3)13(18)16-8(2)14(17)19/h5-6,8-9H,1-4H3,(H,16,18). The van der Waals surface area contributed by atoms with Gasteiger partial charge in [-0.25, -0.2) is 0 Å². The van der Waals surface area contributed by atoms with E-state index in [0.29, 0.717) is 16.5 Å². The molecule has 2 atom stereocenters. The molecule has 1 aliphatic heterocycles. The first-order valence-corrected chi connectivity index (χ1v) is 6.72. The van der Waals surface area contributed by atoms with Crippen LogP contribution < -0.4 is 15.0 Å². The van der Waals surface area contributed by atoms with E-state index in [0.717, 1.165) is 5.56 Å². The lowest BCUT2D eigenvalue weighted by Crippen LogP contribution is -2.61. The van der Waals surface area contributed by atoms with Crippen molar-refractivity contribution in [1.29, 1.82) is 0 Å². The van der Waals surface area contributed by atoms with Crippen LogP contribution in [0.5, 0.6) is 5.75 Å². The Kier molecular flexibility index (Phi) is 3.90. The van der Waals surface area contributed by atoms with E-state index in [1.807, 2.05) is 6.92 Å². The number of hydrogen-bond acceptors (Lipinski definition) is 3. The number of methoxy groups -OCH3 is 1. The van der Waals surface area contributed by atoms with E-state index < -0.39 is 12.1 Å². The van der Waals surface area contributed by atoms with Crippen LogP contribution in [0.2, 0.25) is 5.02 Å². The number of hydrogen-bond donors (Lipinski definition) is 1. The molecule has 1 aromatic carbocycles. The Morgan fingerprint density at radius 2 is 1.95 bits per heavy atom. The molecule has 5 nitrogen and oxygen atoms in total. The topological polar surface area (TPSA) is 58.6 Å². The van der Waals surface area contributed by atoms with Crippen LogP contribution >= 0.6 is 11.6 Å². The second-order valence-electron chi connectivity index (χ2n) is 4.89. The maximum atomic E-state index is 12.4. The second-order valence-corrected chi connectivity index (χ2v) is 5.29. The quantitative estimate of drug-likeness (QED) is 0.907. The molecule has 1 aliphatic rings. The van der Waals surface area contributed by atoms with E-state index in [4.69, 9.17) is 16.3 Å². The summed E-state index contributed by atoms with van der Waals surface area (Å²) in [6, 6.07) is 2.28. The fraction of sp³-hybridized carbons (Fsp3) is 0.429. The third kappa shape index (κ3) is 2.33. The van der Waals surface area contributed by atoms with Gasteiger partial charge in [-0.3, -0.25) is 14.5 Å². The summed E-state index contributed by atoms with van der Waals surface area (Å²) < 4.78 is 5.29. The van der Waals surface area contributed by atoms with Crippen molar-refractivity contribution in [1.82, 2.24) is 5.32 Å². The monoisotopic (exact) mass is 296 g/mol. The summed E-state index contributed by atoms with van der Waals surface area (Å²) in [5, 5.41) is 3.20. The largest absolute Gasteiger partial charge is 0.495 e. The highest BCUT2D eigenvalue weighted by atomic mass is 35.5. The lowest BCUT2D eigenvalue weighted by atomic mass is 10.1. The number of aryl methyl sites for hydroxylation is 1. The fourth-order valence-electron chi connectivity index (χ4n) is 2.24. The van der Waals surface area contributed by atoms with Gasteiger partial charge >= 0.3 is 0 Å². The number of rotatable bonds is 2. The number of anilines is 1. The average Bonchev–Trinajstić information content (AvgIpc) is 2.40. The van der Waals surface area contributed by atoms with Gasteiger partial charge in [0, 0.05) is 11.1 Å². The first kappa shape index (κ1) is 14.7. The summed E-state index contributed by atoms with van der Waals surface area (Å²) >= 11 is 6.07. The zero-order chi connectivity index (χ0) is 15.0. The zero-order valence-electron chi connectivity index (χ0n) is 11.9. The van der Waals surface area contributed by atoms with Crippen LogP contribution in [0.4, 0.5) is 5.69 Å². The molecule has 1 fully saturated rings. The Morgan fingerprint density at radius 1 is 1.30 bits per heavy atom. The predicted molar refractivity (Wildman–Crippen MR) is 77.3 cm³/mol. The predicted octanol–water partition coefficient (Wildman–Crippen LogP) is 1.90. The lowest BCUT2D eigenvalue weighted by molar-refractivity contribution is -0.133. The first-order chi connectivity index (χ1) is 9.36. The van der Waals surface area contributed by atoms with Gasteiger partial charge in [0.1, 0.15) is 17.8 Å². The van der Waals surface area contributed by atoms with Gasteiger partial charge in [0.2, 0.25) is 11.8 Å². The number of benzene rings is 1. The van der Waals surface area contributed by atoms with E-state index in [1.165, 1.54) is 12.0 Å². The molecule has 6 heteroatoms. The molecule has 2 amide bonds. The number of nitrogens with one attached hydrogen (secondary N) is 1. The summed E-state index contributed by atoms with van der Waals surface area (Å²) in [5.74, 6) is 0.117. The van der Waals surface area contributed by atoms with Gasteiger partial charge in [0.05, 0.1) is 12.8 Å². The van der Waals surface area contributed by atoms with Gasteiger partial charge in [0.25, 0.3) is 0 Å². The van der Waals surface area contributed by atoms with E-state index in [2.05, 4.69) is 5.32 Å². The maximum absolute atomic E-state index is 12.4. The molecule has 0 aromatic heterocycles. The van der Waals surface area contributed by atoms with Crippen molar-refractivity contribution in [2.24, 2.45) is 0 Å². The van der Waals surface area contributed by atoms with Crippen LogP contribution in [0.1, 0.15) is 19.4 Å². The molecule has 0 radical (unpaired) electrons. The Hall–Kier alpha value is -1.75. The minimum atomic E-state index is -0.590. The van der Waals surface area contributed by atoms with Gasteiger partial charge in [0.15, 0.2) is 0 Å². The van der Waals surface area contributed by atoms with Crippen molar-refractivity contribution < 1.29 is 14.3 Å². The molecule has 0 saturated carbocycles. The smallest absolute Gasteiger partial charge is 0.250 e. The highest BCUT2D eigenvalue weighted by Crippen LogP contribution is 2.35. The number of halogens is 1. The van der Waals surface area contributed by atoms with Crippen LogP contribution in [-0.2, 0) is 9.59 Å². The number of piperazine rings is 1. The van der Waals surface area contributed by atoms with E-state index in [1.54, 1.807) is 26.0 Å². The molecule has 0 spiro atoms. The van der Waals surface area contributed by atoms with E-state index >= 15 is 0 Å². The van der Waals surface area contributed by atoms with Crippen molar-refractivity contribution in [2.75, 3.05) is 12.0 Å². The fourth-order valence-corrected chi connectivity index (χ4v) is 2.39. The molecule has 108 valence electrons. The third-order valence-corrected chi connectivity index (χ3v) is 3.86. The maximum Gasteiger partial charge on any atom is 0.250 e. The van der Waals surface area contributed by atoms with Gasteiger partial charge in [-0.1, -0.05) is 11.6 Å². The van der Waals surface area contributed by atoms with Crippen LogP contribution in [0.25, 0.3) is 0 Å². The molecule has 20 heavy (non-hydrogen) atoms. The molecular weight excluding hydrogens is 280 g/mol. The van der Waals surface area contributed by atoms with Crippen LogP contribution in [-0.4, -0.2) is 31.0 Å². The normalized spacial score (nSPS) is 22.8. The van der Waals surface area contributed by atoms with Crippen molar-refractivity contribution >= 4 is 29.1 Å². The molecule has 1 saturated heterocycles. The van der Waals surface area contributed by atoms with Crippen molar-refractivity contribution in [3.05, 3.63) is 22.7 Å². The zero-order valence-corrected chi connectivity index (χ0v) is 12.6. The third-order valence-electron chi connectivity index (χ3n) is 3.45. The molecule has 1 N–H and O–H groups in total. The molecule has 2 unspecified atom stereocenters. The summed E-state index contributed by atoms with van der Waals surface area (Å²) in [5.41, 5.74) is 1.38. The van der Waals surface area contributed by atoms with Gasteiger partial charge in [-0.2, -0.15) is 0 Å². The van der Waals surface area contributed by atoms with Crippen LogP contribution in [0.15, 0.2) is 12.1 Å². The summed E-state index contributed by atoms with van der Waals surface area (Å²) in [6.45, 7) is 5.19. The number of ether oxygens (including phenoxy) is 1. The van der Waals surface area contributed by atoms with Crippen molar-refractivity contribution in [3.63, 3.8) is 0 Å². The van der Waals surface area contributed by atoms with Crippen LogP contribution in [0.3, 0.4) is 0 Å². The average molecular weight is 297 g/mol. The van der Waals surface area contributed by atoms with Crippen molar-refractivity contribution in [2.45, 2.75) is 32.9 Å². The minimum Gasteiger partial charge on any atom is -0.495 e. The molecule has 0 bridgehead atoms. The molecular formula is C14H17ClN2O3. The lowest BCUT2D eigenvalue weighted by Gasteiger charge is -2.36. The summed E-state index contributed by atoms with van der Waals surface area (Å²) in [6.07, 6.45) is 0. The number of amides is 2. The summed E-state index contributed by atoms with van der Waals surface area (Å²) in [4.78, 5) is 25.7. The summed E-state index contributed by atoms with van der Waals surface area (Å²) in [7, 11) is 1.51. The Labute approximate surface area is 122 Å². The molecule has 0 aliphatic carbocycles. The second kappa shape index (κ2) is 5.32. The molecule has 1 heterocycles. The van der Waals surface area contributed by atoms with Gasteiger partial charge < -0.3 is 10.1 Å². The number of nitrogens with zero attached hydrogens (tertiary/aromatic N) is 1. The van der Waals surface area contributed by atoms with Crippen LogP contribution in [0, 0.1) is 6.92 Å². The van der Waals surface area contributed by atoms with E-state index in [-0.39, 0.29) is 11.8 Å².